The standard InChI is InChI=1S/C19H21N7/c1-2-7-20-17(4-1)25-18-13-16(23-14-24-18)12-15-5-10-26(11-6-15)19-21-8-3-9-22-19/h1-4,7-9,13-15H,5-6,10-12H2,(H,20,23,24,25). The van der Waals surface area contributed by atoms with E-state index in [0.29, 0.717) is 5.92 Å². The molecule has 132 valence electrons. The summed E-state index contributed by atoms with van der Waals surface area (Å²) in [5, 5.41) is 3.22. The van der Waals surface area contributed by atoms with Crippen molar-refractivity contribution in [2.24, 2.45) is 5.92 Å². The Morgan fingerprint density at radius 2 is 1.69 bits per heavy atom. The minimum Gasteiger partial charge on any atom is -0.341 e. The van der Waals surface area contributed by atoms with E-state index in [4.69, 9.17) is 0 Å². The van der Waals surface area contributed by atoms with Crippen molar-refractivity contribution in [2.45, 2.75) is 19.3 Å². The highest BCUT2D eigenvalue weighted by molar-refractivity contribution is 5.51. The molecule has 1 saturated heterocycles. The molecule has 0 aromatic carbocycles. The first-order valence-electron chi connectivity index (χ1n) is 8.88. The molecule has 0 bridgehead atoms. The molecule has 1 N–H and O–H groups in total. The summed E-state index contributed by atoms with van der Waals surface area (Å²) in [7, 11) is 0. The molecule has 3 aromatic rings. The minimum atomic E-state index is 0.618. The molecular formula is C19H21N7. The van der Waals surface area contributed by atoms with Gasteiger partial charge in [-0.25, -0.2) is 24.9 Å². The van der Waals surface area contributed by atoms with E-state index in [0.717, 1.165) is 55.6 Å². The summed E-state index contributed by atoms with van der Waals surface area (Å²) in [5.41, 5.74) is 1.06. The smallest absolute Gasteiger partial charge is 0.225 e. The number of pyridine rings is 1. The zero-order chi connectivity index (χ0) is 17.6. The maximum Gasteiger partial charge on any atom is 0.225 e. The van der Waals surface area contributed by atoms with Crippen molar-refractivity contribution in [3.05, 3.63) is 60.9 Å². The van der Waals surface area contributed by atoms with E-state index >= 15 is 0 Å². The van der Waals surface area contributed by atoms with Crippen LogP contribution in [0.15, 0.2) is 55.2 Å². The van der Waals surface area contributed by atoms with Gasteiger partial charge in [-0.2, -0.15) is 0 Å². The molecule has 4 heterocycles. The molecule has 3 aromatic heterocycles. The second kappa shape index (κ2) is 7.86. The van der Waals surface area contributed by atoms with Gasteiger partial charge in [-0.3, -0.25) is 0 Å². The van der Waals surface area contributed by atoms with Crippen molar-refractivity contribution in [2.75, 3.05) is 23.3 Å². The van der Waals surface area contributed by atoms with Crippen molar-refractivity contribution >= 4 is 17.6 Å². The summed E-state index contributed by atoms with van der Waals surface area (Å²) in [4.78, 5) is 23.9. The second-order valence-corrected chi connectivity index (χ2v) is 6.42. The third kappa shape index (κ3) is 4.11. The minimum absolute atomic E-state index is 0.618. The van der Waals surface area contributed by atoms with Gasteiger partial charge >= 0.3 is 0 Å². The SMILES string of the molecule is c1ccc(Nc2cc(CC3CCN(c4ncccn4)CC3)ncn2)nc1. The average Bonchev–Trinajstić information content (AvgIpc) is 2.70. The highest BCUT2D eigenvalue weighted by atomic mass is 15.2. The van der Waals surface area contributed by atoms with Crippen molar-refractivity contribution in [3.63, 3.8) is 0 Å². The lowest BCUT2D eigenvalue weighted by atomic mass is 9.92. The fraction of sp³-hybridized carbons (Fsp3) is 0.316. The van der Waals surface area contributed by atoms with E-state index in [9.17, 15) is 0 Å². The molecule has 4 rings (SSSR count). The summed E-state index contributed by atoms with van der Waals surface area (Å²) in [5.74, 6) is 3.01. The van der Waals surface area contributed by atoms with E-state index in [2.05, 4.69) is 35.1 Å². The maximum atomic E-state index is 4.44. The van der Waals surface area contributed by atoms with E-state index in [1.54, 1.807) is 24.9 Å². The van der Waals surface area contributed by atoms with Crippen LogP contribution in [0, 0.1) is 5.92 Å². The molecule has 0 radical (unpaired) electrons. The lowest BCUT2D eigenvalue weighted by Gasteiger charge is -2.31. The number of hydrogen-bond donors (Lipinski definition) is 1. The number of hydrogen-bond acceptors (Lipinski definition) is 7. The van der Waals surface area contributed by atoms with Crippen LogP contribution in [0.5, 0.6) is 0 Å². The van der Waals surface area contributed by atoms with Gasteiger partial charge in [0, 0.05) is 43.4 Å². The van der Waals surface area contributed by atoms with Gasteiger partial charge in [-0.05, 0) is 43.4 Å². The molecule has 7 nitrogen and oxygen atoms in total. The Hall–Kier alpha value is -3.09. The average molecular weight is 347 g/mol. The van der Waals surface area contributed by atoms with Gasteiger partial charge in [0.15, 0.2) is 0 Å². The molecule has 0 aliphatic carbocycles. The zero-order valence-corrected chi connectivity index (χ0v) is 14.5. The van der Waals surface area contributed by atoms with Crippen LogP contribution in [-0.4, -0.2) is 38.0 Å². The Morgan fingerprint density at radius 3 is 2.46 bits per heavy atom. The number of piperidine rings is 1. The largest absolute Gasteiger partial charge is 0.341 e. The number of nitrogens with zero attached hydrogens (tertiary/aromatic N) is 6. The normalized spacial score (nSPS) is 15.0. The number of nitrogens with one attached hydrogen (secondary N) is 1. The first-order chi connectivity index (χ1) is 12.9. The van der Waals surface area contributed by atoms with E-state index in [1.807, 2.05) is 30.3 Å². The van der Waals surface area contributed by atoms with Crippen LogP contribution < -0.4 is 10.2 Å². The highest BCUT2D eigenvalue weighted by Gasteiger charge is 2.21. The lowest BCUT2D eigenvalue weighted by molar-refractivity contribution is 0.397. The quantitative estimate of drug-likeness (QED) is 0.760. The molecule has 0 unspecified atom stereocenters. The molecule has 26 heavy (non-hydrogen) atoms. The van der Waals surface area contributed by atoms with Crippen molar-refractivity contribution in [3.8, 4) is 0 Å². The van der Waals surface area contributed by atoms with Crippen LogP contribution in [0.25, 0.3) is 0 Å². The van der Waals surface area contributed by atoms with Gasteiger partial charge in [0.1, 0.15) is 18.0 Å². The fourth-order valence-electron chi connectivity index (χ4n) is 3.23. The van der Waals surface area contributed by atoms with Gasteiger partial charge in [-0.15, -0.1) is 0 Å². The topological polar surface area (TPSA) is 79.7 Å². The van der Waals surface area contributed by atoms with Crippen molar-refractivity contribution in [1.29, 1.82) is 0 Å². The number of rotatable bonds is 5. The molecule has 1 aliphatic heterocycles. The van der Waals surface area contributed by atoms with Gasteiger partial charge in [0.25, 0.3) is 0 Å². The van der Waals surface area contributed by atoms with Gasteiger partial charge in [-0.1, -0.05) is 6.07 Å². The van der Waals surface area contributed by atoms with Gasteiger partial charge < -0.3 is 10.2 Å². The Morgan fingerprint density at radius 1 is 0.885 bits per heavy atom. The first-order valence-corrected chi connectivity index (χ1v) is 8.88. The van der Waals surface area contributed by atoms with Gasteiger partial charge in [0.05, 0.1) is 0 Å². The van der Waals surface area contributed by atoms with E-state index in [1.165, 1.54) is 0 Å². The second-order valence-electron chi connectivity index (χ2n) is 6.42. The molecule has 0 amide bonds. The van der Waals surface area contributed by atoms with Gasteiger partial charge in [0.2, 0.25) is 5.95 Å². The van der Waals surface area contributed by atoms with Crippen LogP contribution in [0.2, 0.25) is 0 Å². The van der Waals surface area contributed by atoms with Crippen LogP contribution in [-0.2, 0) is 6.42 Å². The molecule has 0 spiro atoms. The lowest BCUT2D eigenvalue weighted by Crippen LogP contribution is -2.35. The highest BCUT2D eigenvalue weighted by Crippen LogP contribution is 2.23. The molecular weight excluding hydrogens is 326 g/mol. The number of aromatic nitrogens is 5. The van der Waals surface area contributed by atoms with Crippen LogP contribution in [0.1, 0.15) is 18.5 Å². The monoisotopic (exact) mass is 347 g/mol. The van der Waals surface area contributed by atoms with Crippen LogP contribution in [0.4, 0.5) is 17.6 Å². The number of anilines is 3. The summed E-state index contributed by atoms with van der Waals surface area (Å²) in [6, 6.07) is 9.62. The third-order valence-electron chi connectivity index (χ3n) is 4.59. The summed E-state index contributed by atoms with van der Waals surface area (Å²) in [6.07, 6.45) is 10.2. The van der Waals surface area contributed by atoms with Crippen LogP contribution >= 0.6 is 0 Å². The summed E-state index contributed by atoms with van der Waals surface area (Å²) < 4.78 is 0. The Bertz CT molecular complexity index is 818. The Balaban J connectivity index is 1.34. The van der Waals surface area contributed by atoms with Crippen LogP contribution in [0.3, 0.4) is 0 Å². The summed E-state index contributed by atoms with van der Waals surface area (Å²) >= 11 is 0. The molecule has 0 atom stereocenters. The predicted molar refractivity (Wildman–Crippen MR) is 100 cm³/mol. The van der Waals surface area contributed by atoms with Crippen molar-refractivity contribution in [1.82, 2.24) is 24.9 Å². The Kier molecular flexibility index (Phi) is 4.95. The fourth-order valence-corrected chi connectivity index (χ4v) is 3.23. The predicted octanol–water partition coefficient (Wildman–Crippen LogP) is 2.86. The third-order valence-corrected chi connectivity index (χ3v) is 4.59. The molecule has 0 saturated carbocycles. The summed E-state index contributed by atoms with van der Waals surface area (Å²) in [6.45, 7) is 1.97. The van der Waals surface area contributed by atoms with Crippen molar-refractivity contribution < 1.29 is 0 Å². The van der Waals surface area contributed by atoms with E-state index in [-0.39, 0.29) is 0 Å². The molecule has 7 heteroatoms. The zero-order valence-electron chi connectivity index (χ0n) is 14.5. The maximum absolute atomic E-state index is 4.44. The molecule has 1 fully saturated rings. The molecule has 1 aliphatic rings. The first kappa shape index (κ1) is 16.4. The Labute approximate surface area is 152 Å². The van der Waals surface area contributed by atoms with E-state index < -0.39 is 0 Å².